The molecule has 1 aliphatic rings. The van der Waals surface area contributed by atoms with Gasteiger partial charge < -0.3 is 14.8 Å². The maximum atomic E-state index is 5.93. The fraction of sp³-hybridized carbons (Fsp3) is 0.625. The molecule has 0 aromatic heterocycles. The topological polar surface area (TPSA) is 30.5 Å². The molecule has 0 aliphatic heterocycles. The van der Waals surface area contributed by atoms with Gasteiger partial charge in [-0.3, -0.25) is 0 Å². The van der Waals surface area contributed by atoms with E-state index in [1.807, 2.05) is 30.3 Å². The highest BCUT2D eigenvalue weighted by Gasteiger charge is 2.48. The molecule has 0 spiro atoms. The first-order valence-electron chi connectivity index (χ1n) is 7.17. The molecule has 1 fully saturated rings. The summed E-state index contributed by atoms with van der Waals surface area (Å²) in [7, 11) is 0. The van der Waals surface area contributed by atoms with E-state index in [0.717, 1.165) is 18.7 Å². The first kappa shape index (κ1) is 14.4. The maximum Gasteiger partial charge on any atom is 0.119 e. The molecular formula is C16H25NO2. The zero-order chi connectivity index (χ0) is 13.7. The summed E-state index contributed by atoms with van der Waals surface area (Å²) in [6.07, 6.45) is 1.45. The van der Waals surface area contributed by atoms with Gasteiger partial charge in [0, 0.05) is 11.5 Å². The van der Waals surface area contributed by atoms with Crippen molar-refractivity contribution in [3.63, 3.8) is 0 Å². The summed E-state index contributed by atoms with van der Waals surface area (Å²) in [5.74, 6) is 0.907. The van der Waals surface area contributed by atoms with E-state index in [4.69, 9.17) is 9.47 Å². The third kappa shape index (κ3) is 3.48. The summed E-state index contributed by atoms with van der Waals surface area (Å²) >= 11 is 0. The minimum absolute atomic E-state index is 0.225. The first-order valence-corrected chi connectivity index (χ1v) is 7.17. The minimum atomic E-state index is 0.225. The van der Waals surface area contributed by atoms with Crippen LogP contribution in [0.1, 0.15) is 27.2 Å². The number of para-hydroxylation sites is 1. The summed E-state index contributed by atoms with van der Waals surface area (Å²) in [6, 6.07) is 10.5. The summed E-state index contributed by atoms with van der Waals surface area (Å²) in [4.78, 5) is 0. The second-order valence-corrected chi connectivity index (χ2v) is 5.69. The standard InChI is InChI=1S/C16H25NO2/c1-4-17-14-12-15(16(14,2)3)19-11-10-18-13-8-6-5-7-9-13/h5-9,14-15,17H,4,10-12H2,1-3H3. The van der Waals surface area contributed by atoms with Gasteiger partial charge >= 0.3 is 0 Å². The van der Waals surface area contributed by atoms with Crippen molar-refractivity contribution in [3.05, 3.63) is 30.3 Å². The van der Waals surface area contributed by atoms with Crippen molar-refractivity contribution < 1.29 is 9.47 Å². The van der Waals surface area contributed by atoms with Gasteiger partial charge in [-0.05, 0) is 25.1 Å². The molecule has 1 N–H and O–H groups in total. The molecular weight excluding hydrogens is 238 g/mol. The third-order valence-corrected chi connectivity index (χ3v) is 4.04. The Morgan fingerprint density at radius 2 is 1.95 bits per heavy atom. The Morgan fingerprint density at radius 1 is 1.21 bits per heavy atom. The van der Waals surface area contributed by atoms with E-state index in [1.54, 1.807) is 0 Å². The molecule has 3 heteroatoms. The van der Waals surface area contributed by atoms with E-state index in [0.29, 0.717) is 25.4 Å². The zero-order valence-corrected chi connectivity index (χ0v) is 12.2. The fourth-order valence-electron chi connectivity index (χ4n) is 2.63. The van der Waals surface area contributed by atoms with Crippen LogP contribution < -0.4 is 10.1 Å². The molecule has 106 valence electrons. The highest BCUT2D eigenvalue weighted by atomic mass is 16.5. The van der Waals surface area contributed by atoms with Crippen LogP contribution in [0.5, 0.6) is 5.75 Å². The molecule has 2 rings (SSSR count). The minimum Gasteiger partial charge on any atom is -0.491 e. The number of nitrogens with one attached hydrogen (secondary N) is 1. The lowest BCUT2D eigenvalue weighted by Gasteiger charge is -2.51. The van der Waals surface area contributed by atoms with Crippen LogP contribution in [0.15, 0.2) is 30.3 Å². The van der Waals surface area contributed by atoms with Crippen molar-refractivity contribution in [1.29, 1.82) is 0 Å². The Balaban J connectivity index is 1.65. The summed E-state index contributed by atoms with van der Waals surface area (Å²) in [5.41, 5.74) is 0.225. The van der Waals surface area contributed by atoms with Crippen molar-refractivity contribution >= 4 is 0 Å². The van der Waals surface area contributed by atoms with E-state index >= 15 is 0 Å². The Kier molecular flexibility index (Phi) is 4.83. The molecule has 1 saturated carbocycles. The summed E-state index contributed by atoms with van der Waals surface area (Å²) in [5, 5.41) is 3.51. The molecule has 1 aromatic rings. The lowest BCUT2D eigenvalue weighted by molar-refractivity contribution is -0.121. The second kappa shape index (κ2) is 6.40. The first-order chi connectivity index (χ1) is 9.14. The molecule has 19 heavy (non-hydrogen) atoms. The fourth-order valence-corrected chi connectivity index (χ4v) is 2.63. The van der Waals surface area contributed by atoms with Crippen molar-refractivity contribution in [2.24, 2.45) is 5.41 Å². The van der Waals surface area contributed by atoms with E-state index < -0.39 is 0 Å². The van der Waals surface area contributed by atoms with Crippen LogP contribution in [0.25, 0.3) is 0 Å². The second-order valence-electron chi connectivity index (χ2n) is 5.69. The van der Waals surface area contributed by atoms with Crippen LogP contribution in [0.2, 0.25) is 0 Å². The lowest BCUT2D eigenvalue weighted by Crippen LogP contribution is -2.61. The molecule has 0 radical (unpaired) electrons. The molecule has 2 unspecified atom stereocenters. The Hall–Kier alpha value is -1.06. The zero-order valence-electron chi connectivity index (χ0n) is 12.2. The maximum absolute atomic E-state index is 5.93. The molecule has 0 saturated heterocycles. The summed E-state index contributed by atoms with van der Waals surface area (Å²) in [6.45, 7) is 8.99. The van der Waals surface area contributed by atoms with Crippen LogP contribution in [-0.4, -0.2) is 31.9 Å². The molecule has 0 amide bonds. The Bertz CT molecular complexity index is 378. The molecule has 0 bridgehead atoms. The molecule has 1 aromatic carbocycles. The Morgan fingerprint density at radius 3 is 2.58 bits per heavy atom. The van der Waals surface area contributed by atoms with E-state index in [1.165, 1.54) is 0 Å². The van der Waals surface area contributed by atoms with Crippen LogP contribution in [0.3, 0.4) is 0 Å². The molecule has 0 heterocycles. The van der Waals surface area contributed by atoms with Gasteiger partial charge in [-0.15, -0.1) is 0 Å². The normalized spacial score (nSPS) is 24.8. The molecule has 1 aliphatic carbocycles. The monoisotopic (exact) mass is 263 g/mol. The van der Waals surface area contributed by atoms with Crippen molar-refractivity contribution in [2.45, 2.75) is 39.3 Å². The van der Waals surface area contributed by atoms with Gasteiger partial charge in [-0.1, -0.05) is 39.0 Å². The summed E-state index contributed by atoms with van der Waals surface area (Å²) < 4.78 is 11.6. The predicted octanol–water partition coefficient (Wildman–Crippen LogP) is 2.86. The molecule has 2 atom stereocenters. The highest BCUT2D eigenvalue weighted by molar-refractivity contribution is 5.20. The van der Waals surface area contributed by atoms with E-state index in [-0.39, 0.29) is 5.41 Å². The number of rotatable bonds is 7. The van der Waals surface area contributed by atoms with E-state index in [2.05, 4.69) is 26.1 Å². The van der Waals surface area contributed by atoms with Crippen LogP contribution in [0, 0.1) is 5.41 Å². The van der Waals surface area contributed by atoms with Gasteiger partial charge in [0.15, 0.2) is 0 Å². The lowest BCUT2D eigenvalue weighted by atomic mass is 9.64. The van der Waals surface area contributed by atoms with Gasteiger partial charge in [0.25, 0.3) is 0 Å². The van der Waals surface area contributed by atoms with E-state index in [9.17, 15) is 0 Å². The van der Waals surface area contributed by atoms with Crippen molar-refractivity contribution in [1.82, 2.24) is 5.32 Å². The van der Waals surface area contributed by atoms with Crippen molar-refractivity contribution in [3.8, 4) is 5.75 Å². The van der Waals surface area contributed by atoms with Gasteiger partial charge in [-0.25, -0.2) is 0 Å². The molecule has 3 nitrogen and oxygen atoms in total. The van der Waals surface area contributed by atoms with Gasteiger partial charge in [0.2, 0.25) is 0 Å². The van der Waals surface area contributed by atoms with Gasteiger partial charge in [-0.2, -0.15) is 0 Å². The SMILES string of the molecule is CCNC1CC(OCCOc2ccccc2)C1(C)C. The number of ether oxygens (including phenoxy) is 2. The third-order valence-electron chi connectivity index (χ3n) is 4.04. The van der Waals surface area contributed by atoms with Crippen LogP contribution in [-0.2, 0) is 4.74 Å². The average molecular weight is 263 g/mol. The van der Waals surface area contributed by atoms with Crippen molar-refractivity contribution in [2.75, 3.05) is 19.8 Å². The van der Waals surface area contributed by atoms with Gasteiger partial charge in [0.1, 0.15) is 12.4 Å². The predicted molar refractivity (Wildman–Crippen MR) is 77.5 cm³/mol. The van der Waals surface area contributed by atoms with Crippen LogP contribution in [0.4, 0.5) is 0 Å². The van der Waals surface area contributed by atoms with Crippen LogP contribution >= 0.6 is 0 Å². The highest BCUT2D eigenvalue weighted by Crippen LogP contribution is 2.42. The Labute approximate surface area is 116 Å². The van der Waals surface area contributed by atoms with Gasteiger partial charge in [0.05, 0.1) is 12.7 Å². The number of benzene rings is 1. The quantitative estimate of drug-likeness (QED) is 0.767. The average Bonchev–Trinajstić information content (AvgIpc) is 2.42. The smallest absolute Gasteiger partial charge is 0.119 e. The largest absolute Gasteiger partial charge is 0.491 e. The number of hydrogen-bond acceptors (Lipinski definition) is 3. The number of hydrogen-bond donors (Lipinski definition) is 1.